The first kappa shape index (κ1) is 13.0. The highest BCUT2D eigenvalue weighted by atomic mass is 35.5. The monoisotopic (exact) mass is 257 g/mol. The lowest BCUT2D eigenvalue weighted by atomic mass is 10.3. The van der Waals surface area contributed by atoms with Crippen LogP contribution >= 0.6 is 11.6 Å². The first-order valence-electron chi connectivity index (χ1n) is 4.24. The molecule has 2 nitrogen and oxygen atoms in total. The van der Waals surface area contributed by atoms with Gasteiger partial charge in [0.15, 0.2) is 6.61 Å². The fourth-order valence-electron chi connectivity index (χ4n) is 0.855. The molecule has 0 radical (unpaired) electrons. The molecule has 16 heavy (non-hydrogen) atoms. The van der Waals surface area contributed by atoms with Gasteiger partial charge in [0.05, 0.1) is 0 Å². The maximum absolute atomic E-state index is 12.5. The second kappa shape index (κ2) is 4.86. The number of aryl methyl sites for hydroxylation is 1. The van der Waals surface area contributed by atoms with Crippen molar-refractivity contribution in [2.24, 2.45) is 0 Å². The molecular formula is C9H8ClF4NO. The molecule has 0 amide bonds. The molecular weight excluding hydrogens is 250 g/mol. The van der Waals surface area contributed by atoms with Gasteiger partial charge in [0.2, 0.25) is 5.88 Å². The molecule has 0 N–H and O–H groups in total. The van der Waals surface area contributed by atoms with E-state index in [-0.39, 0.29) is 10.9 Å². The summed E-state index contributed by atoms with van der Waals surface area (Å²) in [5.41, 5.74) is 0.706. The highest BCUT2D eigenvalue weighted by molar-refractivity contribution is 6.31. The molecule has 1 aromatic rings. The van der Waals surface area contributed by atoms with Crippen molar-refractivity contribution in [2.45, 2.75) is 19.3 Å². The lowest BCUT2D eigenvalue weighted by Gasteiger charge is -2.15. The Balaban J connectivity index is 2.68. The first-order valence-corrected chi connectivity index (χ1v) is 4.61. The molecule has 0 bridgehead atoms. The Labute approximate surface area is 94.2 Å². The van der Waals surface area contributed by atoms with E-state index in [9.17, 15) is 17.6 Å². The summed E-state index contributed by atoms with van der Waals surface area (Å²) >= 11 is 5.62. The van der Waals surface area contributed by atoms with Gasteiger partial charge in [0.25, 0.3) is 0 Å². The highest BCUT2D eigenvalue weighted by Crippen LogP contribution is 2.27. The first-order chi connectivity index (χ1) is 7.33. The number of alkyl halides is 4. The summed E-state index contributed by atoms with van der Waals surface area (Å²) in [5.74, 6) is -4.50. The van der Waals surface area contributed by atoms with Crippen molar-refractivity contribution in [1.29, 1.82) is 0 Å². The third-order valence-electron chi connectivity index (χ3n) is 1.66. The van der Waals surface area contributed by atoms with E-state index < -0.39 is 19.0 Å². The third-order valence-corrected chi connectivity index (χ3v) is 1.94. The number of hydrogen-bond acceptors (Lipinski definition) is 2. The maximum Gasteiger partial charge on any atom is 0.340 e. The van der Waals surface area contributed by atoms with Crippen molar-refractivity contribution in [3.05, 3.63) is 22.8 Å². The number of halogens is 5. The van der Waals surface area contributed by atoms with Crippen LogP contribution in [0.15, 0.2) is 12.3 Å². The van der Waals surface area contributed by atoms with E-state index in [4.69, 9.17) is 11.6 Å². The van der Waals surface area contributed by atoms with Gasteiger partial charge in [-0.1, -0.05) is 11.6 Å². The molecule has 0 saturated heterocycles. The van der Waals surface area contributed by atoms with Crippen LogP contribution < -0.4 is 4.74 Å². The standard InChI is InChI=1S/C9H8ClF4NO/c1-5-2-6(10)7(15-3-5)16-4-9(13,14)8(11)12/h2-3,8H,4H2,1H3. The summed E-state index contributed by atoms with van der Waals surface area (Å²) in [5, 5.41) is 0.00469. The summed E-state index contributed by atoms with van der Waals surface area (Å²) < 4.78 is 53.0. The average Bonchev–Trinajstić information content (AvgIpc) is 2.16. The van der Waals surface area contributed by atoms with Gasteiger partial charge < -0.3 is 4.74 Å². The van der Waals surface area contributed by atoms with E-state index in [2.05, 4.69) is 9.72 Å². The van der Waals surface area contributed by atoms with Crippen molar-refractivity contribution < 1.29 is 22.3 Å². The van der Waals surface area contributed by atoms with Crippen LogP contribution in [0.3, 0.4) is 0 Å². The van der Waals surface area contributed by atoms with Gasteiger partial charge >= 0.3 is 12.3 Å². The molecule has 0 aliphatic rings. The number of pyridine rings is 1. The minimum atomic E-state index is -4.21. The van der Waals surface area contributed by atoms with Crippen LogP contribution in [0.4, 0.5) is 17.6 Å². The van der Waals surface area contributed by atoms with Crippen LogP contribution in [0.25, 0.3) is 0 Å². The van der Waals surface area contributed by atoms with E-state index in [1.165, 1.54) is 12.3 Å². The van der Waals surface area contributed by atoms with E-state index in [0.29, 0.717) is 5.56 Å². The van der Waals surface area contributed by atoms with Crippen LogP contribution in [0.2, 0.25) is 5.02 Å². The largest absolute Gasteiger partial charge is 0.470 e. The molecule has 1 aromatic heterocycles. The zero-order valence-electron chi connectivity index (χ0n) is 8.18. The van der Waals surface area contributed by atoms with E-state index >= 15 is 0 Å². The van der Waals surface area contributed by atoms with Crippen LogP contribution in [0, 0.1) is 6.92 Å². The lowest BCUT2D eigenvalue weighted by molar-refractivity contribution is -0.148. The fourth-order valence-corrected chi connectivity index (χ4v) is 1.13. The summed E-state index contributed by atoms with van der Waals surface area (Å²) in [6.07, 6.45) is -2.45. The van der Waals surface area contributed by atoms with Gasteiger partial charge in [-0.15, -0.1) is 0 Å². The molecule has 0 aromatic carbocycles. The highest BCUT2D eigenvalue weighted by Gasteiger charge is 2.42. The maximum atomic E-state index is 12.5. The van der Waals surface area contributed by atoms with Crippen molar-refractivity contribution in [2.75, 3.05) is 6.61 Å². The summed E-state index contributed by atoms with van der Waals surface area (Å²) in [6.45, 7) is 0.233. The van der Waals surface area contributed by atoms with E-state index in [1.807, 2.05) is 0 Å². The molecule has 90 valence electrons. The van der Waals surface area contributed by atoms with Crippen LogP contribution in [0.5, 0.6) is 5.88 Å². The zero-order valence-corrected chi connectivity index (χ0v) is 8.94. The predicted molar refractivity (Wildman–Crippen MR) is 50.4 cm³/mol. The second-order valence-electron chi connectivity index (χ2n) is 3.15. The van der Waals surface area contributed by atoms with Gasteiger partial charge in [-0.25, -0.2) is 13.8 Å². The quantitative estimate of drug-likeness (QED) is 0.772. The Kier molecular flexibility index (Phi) is 3.96. The summed E-state index contributed by atoms with van der Waals surface area (Å²) in [4.78, 5) is 3.61. The predicted octanol–water partition coefficient (Wildman–Crippen LogP) is 3.32. The molecule has 0 atom stereocenters. The Hall–Kier alpha value is -1.04. The Morgan fingerprint density at radius 1 is 1.50 bits per heavy atom. The zero-order chi connectivity index (χ0) is 12.3. The number of ether oxygens (including phenoxy) is 1. The summed E-state index contributed by atoms with van der Waals surface area (Å²) in [6, 6.07) is 1.43. The normalized spacial score (nSPS) is 11.9. The molecule has 1 heterocycles. The smallest absolute Gasteiger partial charge is 0.340 e. The SMILES string of the molecule is Cc1cnc(OCC(F)(F)C(F)F)c(Cl)c1. The molecule has 0 saturated carbocycles. The van der Waals surface area contributed by atoms with Gasteiger partial charge in [0.1, 0.15) is 5.02 Å². The van der Waals surface area contributed by atoms with Crippen LogP contribution in [-0.2, 0) is 0 Å². The molecule has 7 heteroatoms. The summed E-state index contributed by atoms with van der Waals surface area (Å²) in [7, 11) is 0. The number of hydrogen-bond donors (Lipinski definition) is 0. The average molecular weight is 258 g/mol. The van der Waals surface area contributed by atoms with E-state index in [1.54, 1.807) is 6.92 Å². The van der Waals surface area contributed by atoms with Crippen molar-refractivity contribution in [3.8, 4) is 5.88 Å². The number of rotatable bonds is 4. The Bertz CT molecular complexity index is 373. The van der Waals surface area contributed by atoms with Crippen molar-refractivity contribution in [1.82, 2.24) is 4.98 Å². The number of nitrogens with zero attached hydrogens (tertiary/aromatic N) is 1. The van der Waals surface area contributed by atoms with Crippen molar-refractivity contribution in [3.63, 3.8) is 0 Å². The second-order valence-corrected chi connectivity index (χ2v) is 3.56. The molecule has 0 aliphatic carbocycles. The Morgan fingerprint density at radius 3 is 2.62 bits per heavy atom. The molecule has 0 unspecified atom stereocenters. The fraction of sp³-hybridized carbons (Fsp3) is 0.444. The Morgan fingerprint density at radius 2 is 2.12 bits per heavy atom. The molecule has 0 fully saturated rings. The van der Waals surface area contributed by atoms with Gasteiger partial charge in [-0.3, -0.25) is 0 Å². The topological polar surface area (TPSA) is 22.1 Å². The lowest BCUT2D eigenvalue weighted by Crippen LogP contribution is -2.33. The minimum absolute atomic E-state index is 0.00469. The van der Waals surface area contributed by atoms with Crippen LogP contribution in [-0.4, -0.2) is 23.9 Å². The van der Waals surface area contributed by atoms with E-state index in [0.717, 1.165) is 0 Å². The minimum Gasteiger partial charge on any atom is -0.470 e. The van der Waals surface area contributed by atoms with Crippen LogP contribution in [0.1, 0.15) is 5.56 Å². The number of aromatic nitrogens is 1. The van der Waals surface area contributed by atoms with Gasteiger partial charge in [-0.2, -0.15) is 8.78 Å². The third kappa shape index (κ3) is 3.23. The van der Waals surface area contributed by atoms with Gasteiger partial charge in [0, 0.05) is 6.20 Å². The molecule has 1 rings (SSSR count). The molecule has 0 spiro atoms. The molecule has 0 aliphatic heterocycles. The van der Waals surface area contributed by atoms with Crippen molar-refractivity contribution >= 4 is 11.6 Å². The van der Waals surface area contributed by atoms with Gasteiger partial charge in [-0.05, 0) is 18.6 Å².